The van der Waals surface area contributed by atoms with Gasteiger partial charge in [-0.15, -0.1) is 0 Å². The Balaban J connectivity index is 1.58. The fourth-order valence-electron chi connectivity index (χ4n) is 3.01. The zero-order valence-electron chi connectivity index (χ0n) is 13.8. The zero-order chi connectivity index (χ0) is 16.9. The highest BCUT2D eigenvalue weighted by Gasteiger charge is 2.29. The minimum absolute atomic E-state index is 0.120. The summed E-state index contributed by atoms with van der Waals surface area (Å²) in [6, 6.07) is 9.99. The van der Waals surface area contributed by atoms with Gasteiger partial charge >= 0.3 is 0 Å². The molecule has 0 saturated carbocycles. The van der Waals surface area contributed by atoms with Gasteiger partial charge in [-0.25, -0.2) is 4.98 Å². The van der Waals surface area contributed by atoms with Gasteiger partial charge in [0.05, 0.1) is 0 Å². The molecule has 126 valence electrons. The number of amides is 1. The summed E-state index contributed by atoms with van der Waals surface area (Å²) in [6.07, 6.45) is 3.80. The van der Waals surface area contributed by atoms with E-state index in [2.05, 4.69) is 10.3 Å². The topological polar surface area (TPSA) is 67.2 Å². The summed E-state index contributed by atoms with van der Waals surface area (Å²) in [7, 11) is 0. The highest BCUT2D eigenvalue weighted by molar-refractivity contribution is 5.78. The molecular weight excluding hydrogens is 304 g/mol. The largest absolute Gasteiger partial charge is 0.365 e. The predicted molar refractivity (Wildman–Crippen MR) is 92.6 cm³/mol. The lowest BCUT2D eigenvalue weighted by Crippen LogP contribution is -2.28. The van der Waals surface area contributed by atoms with E-state index in [1.165, 1.54) is 0 Å². The van der Waals surface area contributed by atoms with Crippen LogP contribution >= 0.6 is 0 Å². The van der Waals surface area contributed by atoms with E-state index in [0.29, 0.717) is 38.4 Å². The number of hydrogen-bond acceptors (Lipinski definition) is 4. The van der Waals surface area contributed by atoms with E-state index in [0.717, 1.165) is 5.56 Å². The van der Waals surface area contributed by atoms with Crippen molar-refractivity contribution in [1.82, 2.24) is 14.5 Å². The second-order valence-corrected chi connectivity index (χ2v) is 6.08. The van der Waals surface area contributed by atoms with Crippen LogP contribution in [0.3, 0.4) is 0 Å². The number of benzene rings is 1. The molecule has 1 aromatic heterocycles. The third-order valence-electron chi connectivity index (χ3n) is 4.32. The van der Waals surface area contributed by atoms with Gasteiger partial charge in [0.2, 0.25) is 5.91 Å². The summed E-state index contributed by atoms with van der Waals surface area (Å²) in [4.78, 5) is 30.3. The Morgan fingerprint density at radius 3 is 2.79 bits per heavy atom. The van der Waals surface area contributed by atoms with E-state index >= 15 is 0 Å². The molecule has 2 heterocycles. The number of carbonyl (C=O) groups excluding carboxylic acids is 1. The van der Waals surface area contributed by atoms with Crippen molar-refractivity contribution in [2.75, 3.05) is 18.4 Å². The van der Waals surface area contributed by atoms with E-state index in [-0.39, 0.29) is 17.4 Å². The van der Waals surface area contributed by atoms with Crippen LogP contribution in [-0.4, -0.2) is 33.4 Å². The van der Waals surface area contributed by atoms with Crippen LogP contribution in [0.5, 0.6) is 0 Å². The standard InChI is InChI=1S/C18H22N4O2/c1-2-21-9-8-19-17(18(21)24)20-11-15-10-16(23)22(13-15)12-14-6-4-3-5-7-14/h3-9,15H,2,10-13H2,1H3,(H,19,20)/t15-/m0/s1. The Morgan fingerprint density at radius 1 is 1.25 bits per heavy atom. The maximum Gasteiger partial charge on any atom is 0.293 e. The monoisotopic (exact) mass is 326 g/mol. The first-order chi connectivity index (χ1) is 11.7. The van der Waals surface area contributed by atoms with Crippen LogP contribution in [0.25, 0.3) is 0 Å². The molecule has 1 amide bonds. The van der Waals surface area contributed by atoms with Crippen LogP contribution in [0.15, 0.2) is 47.5 Å². The summed E-state index contributed by atoms with van der Waals surface area (Å²) in [5, 5.41) is 3.11. The van der Waals surface area contributed by atoms with Crippen molar-refractivity contribution >= 4 is 11.7 Å². The Kier molecular flexibility index (Phi) is 4.93. The molecule has 1 aromatic carbocycles. The van der Waals surface area contributed by atoms with Crippen molar-refractivity contribution in [1.29, 1.82) is 0 Å². The molecule has 3 rings (SSSR count). The molecule has 1 fully saturated rings. The molecule has 1 saturated heterocycles. The summed E-state index contributed by atoms with van der Waals surface area (Å²) in [5.41, 5.74) is 1.01. The minimum Gasteiger partial charge on any atom is -0.365 e. The molecular formula is C18H22N4O2. The number of rotatable bonds is 6. The van der Waals surface area contributed by atoms with Gasteiger partial charge in [0, 0.05) is 50.9 Å². The number of nitrogens with one attached hydrogen (secondary N) is 1. The van der Waals surface area contributed by atoms with Crippen LogP contribution in [0, 0.1) is 5.92 Å². The van der Waals surface area contributed by atoms with Crippen molar-refractivity contribution in [2.24, 2.45) is 5.92 Å². The molecule has 6 heteroatoms. The Labute approximate surface area is 141 Å². The number of hydrogen-bond donors (Lipinski definition) is 1. The van der Waals surface area contributed by atoms with E-state index in [1.807, 2.05) is 42.2 Å². The fourth-order valence-corrected chi connectivity index (χ4v) is 3.01. The summed E-state index contributed by atoms with van der Waals surface area (Å²) in [5.74, 6) is 0.712. The molecule has 0 radical (unpaired) electrons. The molecule has 6 nitrogen and oxygen atoms in total. The van der Waals surface area contributed by atoms with Gasteiger partial charge in [-0.1, -0.05) is 30.3 Å². The zero-order valence-corrected chi connectivity index (χ0v) is 13.8. The maximum absolute atomic E-state index is 12.2. The van der Waals surface area contributed by atoms with Gasteiger partial charge in [0.15, 0.2) is 5.82 Å². The molecule has 24 heavy (non-hydrogen) atoms. The van der Waals surface area contributed by atoms with Crippen molar-refractivity contribution < 1.29 is 4.79 Å². The molecule has 1 aliphatic rings. The normalized spacial score (nSPS) is 17.3. The van der Waals surface area contributed by atoms with E-state index < -0.39 is 0 Å². The second-order valence-electron chi connectivity index (χ2n) is 6.08. The fraction of sp³-hybridized carbons (Fsp3) is 0.389. The van der Waals surface area contributed by atoms with Crippen LogP contribution in [-0.2, 0) is 17.9 Å². The molecule has 0 spiro atoms. The van der Waals surface area contributed by atoms with E-state index in [9.17, 15) is 9.59 Å². The van der Waals surface area contributed by atoms with Crippen molar-refractivity contribution in [2.45, 2.75) is 26.4 Å². The van der Waals surface area contributed by atoms with Crippen molar-refractivity contribution in [3.8, 4) is 0 Å². The smallest absolute Gasteiger partial charge is 0.293 e. The molecule has 1 aliphatic heterocycles. The Bertz CT molecular complexity index is 757. The van der Waals surface area contributed by atoms with Gasteiger partial charge in [-0.2, -0.15) is 0 Å². The minimum atomic E-state index is -0.120. The highest BCUT2D eigenvalue weighted by atomic mass is 16.2. The average molecular weight is 326 g/mol. The predicted octanol–water partition coefficient (Wildman–Crippen LogP) is 1.72. The number of anilines is 1. The Hall–Kier alpha value is -2.63. The first kappa shape index (κ1) is 16.2. The number of carbonyl (C=O) groups is 1. The van der Waals surface area contributed by atoms with Crippen LogP contribution in [0.1, 0.15) is 18.9 Å². The third kappa shape index (κ3) is 3.64. The lowest BCUT2D eigenvalue weighted by atomic mass is 10.1. The highest BCUT2D eigenvalue weighted by Crippen LogP contribution is 2.20. The summed E-state index contributed by atoms with van der Waals surface area (Å²) >= 11 is 0. The molecule has 0 unspecified atom stereocenters. The third-order valence-corrected chi connectivity index (χ3v) is 4.32. The summed E-state index contributed by atoms with van der Waals surface area (Å²) < 4.78 is 1.61. The quantitative estimate of drug-likeness (QED) is 0.878. The maximum atomic E-state index is 12.2. The van der Waals surface area contributed by atoms with Crippen LogP contribution < -0.4 is 10.9 Å². The lowest BCUT2D eigenvalue weighted by molar-refractivity contribution is -0.128. The SMILES string of the molecule is CCn1ccnc(NC[C@@H]2CC(=O)N(Cc3ccccc3)C2)c1=O. The molecule has 1 atom stereocenters. The van der Waals surface area contributed by atoms with Crippen molar-refractivity contribution in [3.05, 3.63) is 58.6 Å². The first-order valence-electron chi connectivity index (χ1n) is 8.28. The van der Waals surface area contributed by atoms with E-state index in [4.69, 9.17) is 0 Å². The molecule has 1 N–H and O–H groups in total. The number of nitrogens with zero attached hydrogens (tertiary/aromatic N) is 3. The Morgan fingerprint density at radius 2 is 2.04 bits per heavy atom. The van der Waals surface area contributed by atoms with Crippen molar-refractivity contribution in [3.63, 3.8) is 0 Å². The average Bonchev–Trinajstić information content (AvgIpc) is 2.94. The number of aromatic nitrogens is 2. The van der Waals surface area contributed by atoms with Gasteiger partial charge in [-0.05, 0) is 12.5 Å². The number of aryl methyl sites for hydroxylation is 1. The first-order valence-corrected chi connectivity index (χ1v) is 8.28. The van der Waals surface area contributed by atoms with Gasteiger partial charge in [0.25, 0.3) is 5.56 Å². The van der Waals surface area contributed by atoms with Gasteiger partial charge in [0.1, 0.15) is 0 Å². The van der Waals surface area contributed by atoms with Gasteiger partial charge < -0.3 is 14.8 Å². The van der Waals surface area contributed by atoms with E-state index in [1.54, 1.807) is 17.0 Å². The molecule has 2 aromatic rings. The van der Waals surface area contributed by atoms with Crippen LogP contribution in [0.4, 0.5) is 5.82 Å². The second kappa shape index (κ2) is 7.29. The molecule has 0 aliphatic carbocycles. The molecule has 0 bridgehead atoms. The number of likely N-dealkylation sites (tertiary alicyclic amines) is 1. The summed E-state index contributed by atoms with van der Waals surface area (Å²) in [6.45, 7) is 4.45. The van der Waals surface area contributed by atoms with Gasteiger partial charge in [-0.3, -0.25) is 9.59 Å². The lowest BCUT2D eigenvalue weighted by Gasteiger charge is -2.17. The van der Waals surface area contributed by atoms with Crippen LogP contribution in [0.2, 0.25) is 0 Å².